The predicted molar refractivity (Wildman–Crippen MR) is 61.1 cm³/mol. The molecule has 1 aromatic carbocycles. The van der Waals surface area contributed by atoms with Gasteiger partial charge in [-0.1, -0.05) is 6.07 Å². The number of amides is 1. The molecular formula is C12H13NO4. The van der Waals surface area contributed by atoms with Crippen LogP contribution in [0, 0.1) is 0 Å². The zero-order valence-corrected chi connectivity index (χ0v) is 9.73. The van der Waals surface area contributed by atoms with Crippen LogP contribution < -0.4 is 9.80 Å². The number of ether oxygens (including phenoxy) is 1. The zero-order chi connectivity index (χ0) is 12.4. The third-order valence-corrected chi connectivity index (χ3v) is 2.39. The minimum atomic E-state index is -0.672. The van der Waals surface area contributed by atoms with Crippen LogP contribution in [0.2, 0.25) is 0 Å². The maximum Gasteiger partial charge on any atom is 0.323 e. The fourth-order valence-corrected chi connectivity index (χ4v) is 1.76. The molecule has 1 aliphatic rings. The molecular weight excluding hydrogens is 222 g/mol. The van der Waals surface area contributed by atoms with Crippen LogP contribution in [0.5, 0.6) is 5.75 Å². The van der Waals surface area contributed by atoms with E-state index < -0.39 is 11.7 Å². The Balaban J connectivity index is 2.49. The van der Waals surface area contributed by atoms with Crippen LogP contribution in [0.15, 0.2) is 18.2 Å². The van der Waals surface area contributed by atoms with Crippen molar-refractivity contribution >= 4 is 17.4 Å². The molecule has 5 heteroatoms. The van der Waals surface area contributed by atoms with E-state index in [0.717, 1.165) is 5.06 Å². The summed E-state index contributed by atoms with van der Waals surface area (Å²) in [6, 6.07) is 5.06. The number of benzene rings is 1. The van der Waals surface area contributed by atoms with Crippen LogP contribution in [-0.4, -0.2) is 24.9 Å². The van der Waals surface area contributed by atoms with Gasteiger partial charge in [-0.2, -0.15) is 5.06 Å². The Bertz CT molecular complexity index is 470. The van der Waals surface area contributed by atoms with Gasteiger partial charge in [-0.3, -0.25) is 14.4 Å². The Kier molecular flexibility index (Phi) is 3.10. The number of ketones is 1. The zero-order valence-electron chi connectivity index (χ0n) is 9.73. The number of hydrogen-bond acceptors (Lipinski definition) is 4. The van der Waals surface area contributed by atoms with Crippen molar-refractivity contribution in [2.75, 3.05) is 18.3 Å². The molecule has 0 fully saturated rings. The lowest BCUT2D eigenvalue weighted by molar-refractivity contribution is -0.120. The van der Waals surface area contributed by atoms with Gasteiger partial charge in [0.1, 0.15) is 5.75 Å². The molecule has 0 N–H and O–H groups in total. The molecule has 17 heavy (non-hydrogen) atoms. The highest BCUT2D eigenvalue weighted by Crippen LogP contribution is 2.35. The molecule has 1 heterocycles. The third-order valence-electron chi connectivity index (χ3n) is 2.39. The molecule has 5 nitrogen and oxygen atoms in total. The molecule has 0 bridgehead atoms. The Morgan fingerprint density at radius 1 is 1.18 bits per heavy atom. The number of nitrogens with zero attached hydrogens (tertiary/aromatic N) is 1. The second kappa shape index (κ2) is 4.55. The van der Waals surface area contributed by atoms with E-state index >= 15 is 0 Å². The second-order valence-corrected chi connectivity index (χ2v) is 3.43. The topological polar surface area (TPSA) is 55.8 Å². The molecule has 0 saturated heterocycles. The van der Waals surface area contributed by atoms with Gasteiger partial charge in [0.15, 0.2) is 0 Å². The normalized spacial score (nSPS) is 14.1. The molecule has 90 valence electrons. The Hall–Kier alpha value is -1.88. The number of hydroxylamine groups is 1. The van der Waals surface area contributed by atoms with Gasteiger partial charge in [0, 0.05) is 0 Å². The number of carbonyl (C=O) groups is 2. The van der Waals surface area contributed by atoms with Gasteiger partial charge >= 0.3 is 5.91 Å². The molecule has 1 amide bonds. The summed E-state index contributed by atoms with van der Waals surface area (Å²) in [7, 11) is 0. The van der Waals surface area contributed by atoms with E-state index in [1.165, 1.54) is 0 Å². The van der Waals surface area contributed by atoms with E-state index in [1.54, 1.807) is 25.1 Å². The van der Waals surface area contributed by atoms with Gasteiger partial charge in [0.2, 0.25) is 0 Å². The van der Waals surface area contributed by atoms with Gasteiger partial charge in [0.05, 0.1) is 24.5 Å². The summed E-state index contributed by atoms with van der Waals surface area (Å²) in [4.78, 5) is 28.7. The van der Waals surface area contributed by atoms with Crippen molar-refractivity contribution in [2.45, 2.75) is 13.8 Å². The third kappa shape index (κ3) is 1.78. The van der Waals surface area contributed by atoms with Crippen molar-refractivity contribution in [1.82, 2.24) is 0 Å². The molecule has 0 aromatic heterocycles. The summed E-state index contributed by atoms with van der Waals surface area (Å²) >= 11 is 0. The van der Waals surface area contributed by atoms with E-state index in [9.17, 15) is 9.59 Å². The van der Waals surface area contributed by atoms with Crippen LogP contribution in [0.1, 0.15) is 24.2 Å². The van der Waals surface area contributed by atoms with Crippen molar-refractivity contribution < 1.29 is 19.2 Å². The molecule has 1 aromatic rings. The lowest BCUT2D eigenvalue weighted by atomic mass is 10.1. The highest BCUT2D eigenvalue weighted by Gasteiger charge is 2.39. The number of anilines is 1. The standard InChI is InChI=1S/C12H13NO4/c1-3-16-9-7-5-6-8-10(9)11(14)12(15)13(8)17-4-2/h5-7H,3-4H2,1-2H3. The van der Waals surface area contributed by atoms with E-state index in [-0.39, 0.29) is 5.56 Å². The first-order chi connectivity index (χ1) is 8.20. The van der Waals surface area contributed by atoms with Gasteiger partial charge < -0.3 is 4.74 Å². The van der Waals surface area contributed by atoms with E-state index in [4.69, 9.17) is 9.57 Å². The summed E-state index contributed by atoms with van der Waals surface area (Å²) in [5.74, 6) is -0.836. The smallest absolute Gasteiger partial charge is 0.323 e. The lowest BCUT2D eigenvalue weighted by Gasteiger charge is -2.14. The van der Waals surface area contributed by atoms with E-state index in [0.29, 0.717) is 24.7 Å². The Labute approximate surface area is 98.9 Å². The monoisotopic (exact) mass is 235 g/mol. The van der Waals surface area contributed by atoms with Crippen molar-refractivity contribution in [1.29, 1.82) is 0 Å². The number of hydrogen-bond donors (Lipinski definition) is 0. The first-order valence-electron chi connectivity index (χ1n) is 5.48. The number of rotatable bonds is 4. The maximum absolute atomic E-state index is 11.8. The predicted octanol–water partition coefficient (Wildman–Crippen LogP) is 1.57. The number of carbonyl (C=O) groups excluding carboxylic acids is 2. The first-order valence-corrected chi connectivity index (χ1v) is 5.48. The second-order valence-electron chi connectivity index (χ2n) is 3.43. The van der Waals surface area contributed by atoms with Gasteiger partial charge in [-0.05, 0) is 26.0 Å². The summed E-state index contributed by atoms with van der Waals surface area (Å²) in [5.41, 5.74) is 0.737. The fraction of sp³-hybridized carbons (Fsp3) is 0.333. The molecule has 0 atom stereocenters. The first kappa shape index (κ1) is 11.6. The van der Waals surface area contributed by atoms with Crippen LogP contribution in [0.25, 0.3) is 0 Å². The lowest BCUT2D eigenvalue weighted by Crippen LogP contribution is -2.29. The molecule has 0 radical (unpaired) electrons. The Morgan fingerprint density at radius 3 is 2.59 bits per heavy atom. The fourth-order valence-electron chi connectivity index (χ4n) is 1.76. The SMILES string of the molecule is CCOc1cccc2c1C(=O)C(=O)N2OCC. The highest BCUT2D eigenvalue weighted by atomic mass is 16.7. The highest BCUT2D eigenvalue weighted by molar-refractivity contribution is 6.52. The molecule has 0 unspecified atom stereocenters. The number of fused-ring (bicyclic) bond motifs is 1. The van der Waals surface area contributed by atoms with Gasteiger partial charge in [0.25, 0.3) is 5.78 Å². The summed E-state index contributed by atoms with van der Waals surface area (Å²) in [6.07, 6.45) is 0. The van der Waals surface area contributed by atoms with Crippen LogP contribution in [0.3, 0.4) is 0 Å². The molecule has 0 spiro atoms. The minimum absolute atomic E-state index is 0.285. The summed E-state index contributed by atoms with van der Waals surface area (Å²) in [6.45, 7) is 4.33. The van der Waals surface area contributed by atoms with Crippen LogP contribution in [0.4, 0.5) is 5.69 Å². The van der Waals surface area contributed by atoms with Crippen LogP contribution >= 0.6 is 0 Å². The van der Waals surface area contributed by atoms with E-state index in [1.807, 2.05) is 6.92 Å². The average molecular weight is 235 g/mol. The molecule has 1 aliphatic heterocycles. The van der Waals surface area contributed by atoms with Crippen molar-refractivity contribution in [3.8, 4) is 5.75 Å². The molecule has 0 saturated carbocycles. The summed E-state index contributed by atoms with van der Waals surface area (Å²) in [5, 5.41) is 1.03. The average Bonchev–Trinajstić information content (AvgIpc) is 2.56. The van der Waals surface area contributed by atoms with Crippen molar-refractivity contribution in [2.24, 2.45) is 0 Å². The maximum atomic E-state index is 11.8. The van der Waals surface area contributed by atoms with Gasteiger partial charge in [-0.25, -0.2) is 0 Å². The quantitative estimate of drug-likeness (QED) is 0.743. The Morgan fingerprint density at radius 2 is 1.94 bits per heavy atom. The van der Waals surface area contributed by atoms with Gasteiger partial charge in [-0.15, -0.1) is 0 Å². The van der Waals surface area contributed by atoms with Crippen molar-refractivity contribution in [3.05, 3.63) is 23.8 Å². The largest absolute Gasteiger partial charge is 0.493 e. The molecule has 0 aliphatic carbocycles. The van der Waals surface area contributed by atoms with Crippen molar-refractivity contribution in [3.63, 3.8) is 0 Å². The van der Waals surface area contributed by atoms with Crippen LogP contribution in [-0.2, 0) is 9.63 Å². The summed E-state index contributed by atoms with van der Waals surface area (Å²) < 4.78 is 5.34. The minimum Gasteiger partial charge on any atom is -0.493 e. The van der Waals surface area contributed by atoms with E-state index in [2.05, 4.69) is 0 Å². The molecule has 2 rings (SSSR count). The number of Topliss-reactive ketones (excluding diaryl/α,β-unsaturated/α-hetero) is 1.